The number of hydrogen-bond acceptors (Lipinski definition) is 2. The van der Waals surface area contributed by atoms with Crippen LogP contribution < -0.4 is 10.6 Å². The van der Waals surface area contributed by atoms with Crippen LogP contribution >= 0.6 is 0 Å². The summed E-state index contributed by atoms with van der Waals surface area (Å²) >= 11 is 0. The molecule has 2 N–H and O–H groups in total. The van der Waals surface area contributed by atoms with E-state index in [9.17, 15) is 0 Å². The molecule has 17 heavy (non-hydrogen) atoms. The maximum atomic E-state index is 3.62. The van der Waals surface area contributed by atoms with Crippen LogP contribution in [0.5, 0.6) is 0 Å². The zero-order chi connectivity index (χ0) is 12.3. The standard InChI is InChI=1S/C15H24N2/c1-15(2,3)17-10-9-16-14-11-13(14)12-7-5-4-6-8-12/h4-8,13-14,16-17H,9-11H2,1-3H3/t13-,14?/m0/s1. The fourth-order valence-electron chi connectivity index (χ4n) is 2.18. The van der Waals surface area contributed by atoms with Crippen LogP contribution in [0.4, 0.5) is 0 Å². The Labute approximate surface area is 105 Å². The topological polar surface area (TPSA) is 24.1 Å². The Balaban J connectivity index is 1.64. The van der Waals surface area contributed by atoms with E-state index in [1.54, 1.807) is 0 Å². The molecule has 1 saturated carbocycles. The van der Waals surface area contributed by atoms with E-state index in [1.165, 1.54) is 12.0 Å². The molecule has 0 bridgehead atoms. The van der Waals surface area contributed by atoms with E-state index in [1.807, 2.05) is 0 Å². The van der Waals surface area contributed by atoms with Gasteiger partial charge in [-0.25, -0.2) is 0 Å². The molecule has 1 aromatic carbocycles. The van der Waals surface area contributed by atoms with Gasteiger partial charge in [0.1, 0.15) is 0 Å². The lowest BCUT2D eigenvalue weighted by Crippen LogP contribution is -2.40. The highest BCUT2D eigenvalue weighted by atomic mass is 15.0. The second-order valence-corrected chi connectivity index (χ2v) is 5.99. The van der Waals surface area contributed by atoms with Gasteiger partial charge in [0, 0.05) is 30.6 Å². The van der Waals surface area contributed by atoms with Crippen LogP contribution in [-0.2, 0) is 0 Å². The van der Waals surface area contributed by atoms with Gasteiger partial charge >= 0.3 is 0 Å². The van der Waals surface area contributed by atoms with Gasteiger partial charge in [-0.15, -0.1) is 0 Å². The first-order valence-corrected chi connectivity index (χ1v) is 6.59. The van der Waals surface area contributed by atoms with Crippen LogP contribution in [0, 0.1) is 0 Å². The summed E-state index contributed by atoms with van der Waals surface area (Å²) in [6.07, 6.45) is 1.29. The van der Waals surface area contributed by atoms with Crippen molar-refractivity contribution in [2.45, 2.75) is 44.7 Å². The van der Waals surface area contributed by atoms with Crippen molar-refractivity contribution < 1.29 is 0 Å². The normalized spacial score (nSPS) is 23.7. The molecule has 94 valence electrons. The molecule has 1 aliphatic carbocycles. The first-order valence-electron chi connectivity index (χ1n) is 6.59. The van der Waals surface area contributed by atoms with Crippen LogP contribution in [0.25, 0.3) is 0 Å². The summed E-state index contributed by atoms with van der Waals surface area (Å²) in [6.45, 7) is 8.72. The first kappa shape index (κ1) is 12.6. The summed E-state index contributed by atoms with van der Waals surface area (Å²) in [4.78, 5) is 0. The maximum absolute atomic E-state index is 3.62. The van der Waals surface area contributed by atoms with Crippen LogP contribution in [0.2, 0.25) is 0 Å². The maximum Gasteiger partial charge on any atom is 0.0143 e. The molecule has 1 unspecified atom stereocenters. The van der Waals surface area contributed by atoms with Crippen molar-refractivity contribution in [1.29, 1.82) is 0 Å². The van der Waals surface area contributed by atoms with E-state index < -0.39 is 0 Å². The summed E-state index contributed by atoms with van der Waals surface area (Å²) in [5.41, 5.74) is 1.71. The Morgan fingerprint density at radius 2 is 1.82 bits per heavy atom. The summed E-state index contributed by atoms with van der Waals surface area (Å²) in [5.74, 6) is 0.742. The van der Waals surface area contributed by atoms with E-state index in [-0.39, 0.29) is 5.54 Å². The van der Waals surface area contributed by atoms with E-state index in [0.29, 0.717) is 6.04 Å². The van der Waals surface area contributed by atoms with Gasteiger partial charge in [-0.2, -0.15) is 0 Å². The van der Waals surface area contributed by atoms with E-state index in [4.69, 9.17) is 0 Å². The average Bonchev–Trinajstić information content (AvgIpc) is 3.04. The fourth-order valence-corrected chi connectivity index (χ4v) is 2.18. The SMILES string of the molecule is CC(C)(C)NCCNC1C[C@H]1c1ccccc1. The number of hydrogen-bond donors (Lipinski definition) is 2. The van der Waals surface area contributed by atoms with Crippen LogP contribution in [0.1, 0.15) is 38.7 Å². The van der Waals surface area contributed by atoms with E-state index in [2.05, 4.69) is 61.7 Å². The van der Waals surface area contributed by atoms with Crippen LogP contribution in [0.15, 0.2) is 30.3 Å². The van der Waals surface area contributed by atoms with Crippen molar-refractivity contribution >= 4 is 0 Å². The Bertz CT molecular complexity index is 340. The minimum atomic E-state index is 0.226. The molecule has 0 saturated heterocycles. The van der Waals surface area contributed by atoms with Gasteiger partial charge < -0.3 is 10.6 Å². The Morgan fingerprint density at radius 1 is 1.12 bits per heavy atom. The molecule has 2 heteroatoms. The summed E-state index contributed by atoms with van der Waals surface area (Å²) in [6, 6.07) is 11.5. The highest BCUT2D eigenvalue weighted by Gasteiger charge is 2.37. The minimum absolute atomic E-state index is 0.226. The van der Waals surface area contributed by atoms with Gasteiger partial charge in [-0.1, -0.05) is 30.3 Å². The van der Waals surface area contributed by atoms with Crippen molar-refractivity contribution in [3.05, 3.63) is 35.9 Å². The lowest BCUT2D eigenvalue weighted by atomic mass is 10.1. The first-order chi connectivity index (χ1) is 8.06. The third-order valence-corrected chi connectivity index (χ3v) is 3.21. The number of nitrogens with one attached hydrogen (secondary N) is 2. The molecule has 0 aliphatic heterocycles. The number of rotatable bonds is 5. The minimum Gasteiger partial charge on any atom is -0.312 e. The molecule has 0 heterocycles. The Kier molecular flexibility index (Phi) is 3.85. The summed E-state index contributed by atoms with van der Waals surface area (Å²) < 4.78 is 0. The second kappa shape index (κ2) is 5.19. The Hall–Kier alpha value is -0.860. The largest absolute Gasteiger partial charge is 0.312 e. The monoisotopic (exact) mass is 232 g/mol. The highest BCUT2D eigenvalue weighted by Crippen LogP contribution is 2.40. The van der Waals surface area contributed by atoms with Crippen molar-refractivity contribution in [1.82, 2.24) is 10.6 Å². The molecule has 2 rings (SSSR count). The molecule has 0 radical (unpaired) electrons. The van der Waals surface area contributed by atoms with E-state index in [0.717, 1.165) is 19.0 Å². The zero-order valence-corrected chi connectivity index (χ0v) is 11.2. The third-order valence-electron chi connectivity index (χ3n) is 3.21. The van der Waals surface area contributed by atoms with Gasteiger partial charge in [0.25, 0.3) is 0 Å². The Morgan fingerprint density at radius 3 is 2.47 bits per heavy atom. The summed E-state index contributed by atoms with van der Waals surface area (Å²) in [7, 11) is 0. The molecular weight excluding hydrogens is 208 g/mol. The van der Waals surface area contributed by atoms with Gasteiger partial charge in [-0.3, -0.25) is 0 Å². The predicted octanol–water partition coefficient (Wildman–Crippen LogP) is 2.52. The molecule has 2 atom stereocenters. The van der Waals surface area contributed by atoms with Crippen LogP contribution in [-0.4, -0.2) is 24.7 Å². The smallest absolute Gasteiger partial charge is 0.0143 e. The molecule has 0 amide bonds. The molecule has 1 aliphatic rings. The molecule has 1 fully saturated rings. The number of benzene rings is 1. The fraction of sp³-hybridized carbons (Fsp3) is 0.600. The molecular formula is C15H24N2. The zero-order valence-electron chi connectivity index (χ0n) is 11.2. The molecule has 2 nitrogen and oxygen atoms in total. The van der Waals surface area contributed by atoms with Gasteiger partial charge in [0.15, 0.2) is 0 Å². The predicted molar refractivity (Wildman–Crippen MR) is 73.3 cm³/mol. The van der Waals surface area contributed by atoms with Crippen molar-refractivity contribution in [2.24, 2.45) is 0 Å². The highest BCUT2D eigenvalue weighted by molar-refractivity contribution is 5.27. The van der Waals surface area contributed by atoms with Gasteiger partial charge in [0.2, 0.25) is 0 Å². The van der Waals surface area contributed by atoms with E-state index >= 15 is 0 Å². The van der Waals surface area contributed by atoms with Crippen LogP contribution in [0.3, 0.4) is 0 Å². The molecule has 0 aromatic heterocycles. The molecule has 1 aromatic rings. The van der Waals surface area contributed by atoms with Gasteiger partial charge in [0.05, 0.1) is 0 Å². The van der Waals surface area contributed by atoms with Gasteiger partial charge in [-0.05, 0) is 32.8 Å². The quantitative estimate of drug-likeness (QED) is 0.762. The summed E-state index contributed by atoms with van der Waals surface area (Å²) in [5, 5.41) is 7.11. The third kappa shape index (κ3) is 4.14. The van der Waals surface area contributed by atoms with Crippen molar-refractivity contribution in [2.75, 3.05) is 13.1 Å². The lowest BCUT2D eigenvalue weighted by molar-refractivity contribution is 0.421. The van der Waals surface area contributed by atoms with Crippen molar-refractivity contribution in [3.63, 3.8) is 0 Å². The lowest BCUT2D eigenvalue weighted by Gasteiger charge is -2.20. The van der Waals surface area contributed by atoms with Crippen molar-refractivity contribution in [3.8, 4) is 0 Å². The average molecular weight is 232 g/mol. The second-order valence-electron chi connectivity index (χ2n) is 5.99. The molecule has 0 spiro atoms.